The van der Waals surface area contributed by atoms with E-state index in [0.29, 0.717) is 0 Å². The zero-order valence-electron chi connectivity index (χ0n) is 13.0. The smallest absolute Gasteiger partial charge is 0.0781 e. The quantitative estimate of drug-likeness (QED) is 0.423. The number of hydrogen-bond donors (Lipinski definition) is 0. The summed E-state index contributed by atoms with van der Waals surface area (Å²) in [7, 11) is 13.5. The zero-order chi connectivity index (χ0) is 13.4. The van der Waals surface area contributed by atoms with E-state index in [1.807, 2.05) is 0 Å². The Hall–Kier alpha value is -0.120. The molecule has 0 N–H and O–H groups in total. The Morgan fingerprint density at radius 3 is 1.24 bits per heavy atom. The molecule has 0 radical (unpaired) electrons. The average molecular weight is 246 g/mol. The lowest BCUT2D eigenvalue weighted by Gasteiger charge is -2.24. The van der Waals surface area contributed by atoms with Gasteiger partial charge in [-0.15, -0.1) is 0 Å². The first kappa shape index (κ1) is 16.9. The number of hydrogen-bond acceptors (Lipinski definition) is 1. The highest BCUT2D eigenvalue weighted by Gasteiger charge is 2.06. The molecule has 0 aliphatic rings. The molecule has 0 aliphatic carbocycles. The van der Waals surface area contributed by atoms with Crippen molar-refractivity contribution in [2.45, 2.75) is 25.7 Å². The van der Waals surface area contributed by atoms with E-state index in [4.69, 9.17) is 4.74 Å². The van der Waals surface area contributed by atoms with Gasteiger partial charge in [-0.1, -0.05) is 0 Å². The second-order valence-corrected chi connectivity index (χ2v) is 7.05. The van der Waals surface area contributed by atoms with Crippen molar-refractivity contribution in [3.05, 3.63) is 0 Å². The van der Waals surface area contributed by atoms with Crippen LogP contribution in [0.3, 0.4) is 0 Å². The van der Waals surface area contributed by atoms with E-state index in [1.165, 1.54) is 38.8 Å². The minimum atomic E-state index is 0.935. The summed E-state index contributed by atoms with van der Waals surface area (Å²) in [4.78, 5) is 0. The Balaban J connectivity index is 3.15. The van der Waals surface area contributed by atoms with Crippen LogP contribution in [-0.4, -0.2) is 77.6 Å². The number of nitrogens with zero attached hydrogens (tertiary/aromatic N) is 2. The van der Waals surface area contributed by atoms with Crippen LogP contribution in [-0.2, 0) is 4.74 Å². The van der Waals surface area contributed by atoms with Crippen molar-refractivity contribution in [2.75, 3.05) is 68.6 Å². The Kier molecular flexibility index (Phi) is 8.01. The molecule has 0 rings (SSSR count). The van der Waals surface area contributed by atoms with Crippen LogP contribution in [0.1, 0.15) is 25.7 Å². The van der Waals surface area contributed by atoms with E-state index >= 15 is 0 Å². The maximum absolute atomic E-state index is 5.65. The highest BCUT2D eigenvalue weighted by Crippen LogP contribution is 2.00. The van der Waals surface area contributed by atoms with Crippen molar-refractivity contribution in [1.29, 1.82) is 0 Å². The first-order chi connectivity index (χ1) is 7.71. The summed E-state index contributed by atoms with van der Waals surface area (Å²) >= 11 is 0. The predicted octanol–water partition coefficient (Wildman–Crippen LogP) is 1.98. The van der Waals surface area contributed by atoms with Crippen LogP contribution >= 0.6 is 0 Å². The van der Waals surface area contributed by atoms with Gasteiger partial charge >= 0.3 is 0 Å². The molecule has 0 aromatic carbocycles. The summed E-state index contributed by atoms with van der Waals surface area (Å²) in [6.45, 7) is 4.35. The normalized spacial score (nSPS) is 13.1. The molecule has 0 aromatic rings. The second-order valence-electron chi connectivity index (χ2n) is 7.05. The third kappa shape index (κ3) is 15.9. The molecule has 0 bridgehead atoms. The molecule has 0 atom stereocenters. The van der Waals surface area contributed by atoms with Crippen molar-refractivity contribution >= 4 is 0 Å². The summed E-state index contributed by atoms with van der Waals surface area (Å²) in [5.74, 6) is 0. The standard InChI is InChI=1S/C14H34N2O/c1-15(2,3)11-7-9-13-17-14-10-8-12-16(4,5)6/h7-14H2,1-6H3/q+2. The van der Waals surface area contributed by atoms with Crippen molar-refractivity contribution in [2.24, 2.45) is 0 Å². The molecule has 0 spiro atoms. The first-order valence-corrected chi connectivity index (χ1v) is 6.89. The molecule has 17 heavy (non-hydrogen) atoms. The van der Waals surface area contributed by atoms with E-state index in [0.717, 1.165) is 22.2 Å². The molecule has 0 fully saturated rings. The van der Waals surface area contributed by atoms with Gasteiger partial charge in [-0.25, -0.2) is 0 Å². The molecule has 0 heterocycles. The van der Waals surface area contributed by atoms with Gasteiger partial charge in [0, 0.05) is 13.2 Å². The van der Waals surface area contributed by atoms with Crippen LogP contribution in [0.4, 0.5) is 0 Å². The number of unbranched alkanes of at least 4 members (excludes halogenated alkanes) is 2. The van der Waals surface area contributed by atoms with Gasteiger partial charge in [0.25, 0.3) is 0 Å². The second kappa shape index (κ2) is 8.06. The third-order valence-electron chi connectivity index (χ3n) is 2.74. The van der Waals surface area contributed by atoms with Gasteiger partial charge in [-0.2, -0.15) is 0 Å². The highest BCUT2D eigenvalue weighted by atomic mass is 16.5. The molecular weight excluding hydrogens is 212 g/mol. The highest BCUT2D eigenvalue weighted by molar-refractivity contribution is 4.41. The number of quaternary nitrogens is 2. The first-order valence-electron chi connectivity index (χ1n) is 6.89. The monoisotopic (exact) mass is 246 g/mol. The van der Waals surface area contributed by atoms with Crippen LogP contribution in [0.5, 0.6) is 0 Å². The molecule has 0 aromatic heterocycles. The van der Waals surface area contributed by atoms with Crippen molar-refractivity contribution in [3.63, 3.8) is 0 Å². The van der Waals surface area contributed by atoms with E-state index in [2.05, 4.69) is 42.3 Å². The maximum atomic E-state index is 5.65. The topological polar surface area (TPSA) is 9.23 Å². The molecule has 0 saturated heterocycles. The Morgan fingerprint density at radius 1 is 0.588 bits per heavy atom. The maximum Gasteiger partial charge on any atom is 0.0781 e. The van der Waals surface area contributed by atoms with Crippen LogP contribution < -0.4 is 0 Å². The minimum absolute atomic E-state index is 0.935. The summed E-state index contributed by atoms with van der Waals surface area (Å²) in [6.07, 6.45) is 4.93. The Morgan fingerprint density at radius 2 is 0.941 bits per heavy atom. The van der Waals surface area contributed by atoms with Gasteiger partial charge in [0.2, 0.25) is 0 Å². The molecule has 3 nitrogen and oxygen atoms in total. The van der Waals surface area contributed by atoms with Crippen LogP contribution in [0, 0.1) is 0 Å². The van der Waals surface area contributed by atoms with E-state index in [1.54, 1.807) is 0 Å². The fraction of sp³-hybridized carbons (Fsp3) is 1.00. The summed E-state index contributed by atoms with van der Waals surface area (Å²) in [6, 6.07) is 0. The molecular formula is C14H34N2O+2. The fourth-order valence-electron chi connectivity index (χ4n) is 1.68. The Bertz CT molecular complexity index is 160. The van der Waals surface area contributed by atoms with Gasteiger partial charge in [0.1, 0.15) is 0 Å². The number of rotatable bonds is 10. The third-order valence-corrected chi connectivity index (χ3v) is 2.74. The number of ether oxygens (including phenoxy) is 1. The van der Waals surface area contributed by atoms with Gasteiger partial charge in [-0.3, -0.25) is 0 Å². The predicted molar refractivity (Wildman–Crippen MR) is 75.1 cm³/mol. The van der Waals surface area contributed by atoms with Gasteiger partial charge in [0.05, 0.1) is 55.4 Å². The average Bonchev–Trinajstić information content (AvgIpc) is 2.11. The van der Waals surface area contributed by atoms with Gasteiger partial charge in [0.15, 0.2) is 0 Å². The molecule has 3 heteroatoms. The SMILES string of the molecule is C[N+](C)(C)CCCCOCCCC[N+](C)(C)C. The molecule has 0 saturated carbocycles. The van der Waals surface area contributed by atoms with Crippen LogP contribution in [0.25, 0.3) is 0 Å². The van der Waals surface area contributed by atoms with E-state index in [-0.39, 0.29) is 0 Å². The zero-order valence-corrected chi connectivity index (χ0v) is 13.0. The van der Waals surface area contributed by atoms with E-state index < -0.39 is 0 Å². The van der Waals surface area contributed by atoms with Crippen molar-refractivity contribution in [3.8, 4) is 0 Å². The molecule has 0 unspecified atom stereocenters. The van der Waals surface area contributed by atoms with Crippen molar-refractivity contribution in [1.82, 2.24) is 0 Å². The van der Waals surface area contributed by atoms with Crippen molar-refractivity contribution < 1.29 is 13.7 Å². The lowest BCUT2D eigenvalue weighted by atomic mass is 10.3. The largest absolute Gasteiger partial charge is 0.381 e. The molecule has 104 valence electrons. The molecule has 0 amide bonds. The van der Waals surface area contributed by atoms with E-state index in [9.17, 15) is 0 Å². The van der Waals surface area contributed by atoms with Crippen LogP contribution in [0.2, 0.25) is 0 Å². The minimum Gasteiger partial charge on any atom is -0.381 e. The summed E-state index contributed by atoms with van der Waals surface area (Å²) in [5.41, 5.74) is 0. The lowest BCUT2D eigenvalue weighted by molar-refractivity contribution is -0.870. The lowest BCUT2D eigenvalue weighted by Crippen LogP contribution is -2.35. The molecule has 0 aliphatic heterocycles. The summed E-state index contributed by atoms with van der Waals surface area (Å²) < 4.78 is 7.77. The van der Waals surface area contributed by atoms with Crippen LogP contribution in [0.15, 0.2) is 0 Å². The Labute approximate surface area is 109 Å². The van der Waals surface area contributed by atoms with Gasteiger partial charge < -0.3 is 13.7 Å². The summed E-state index contributed by atoms with van der Waals surface area (Å²) in [5, 5.41) is 0. The van der Waals surface area contributed by atoms with Gasteiger partial charge in [-0.05, 0) is 25.7 Å². The fourth-order valence-corrected chi connectivity index (χ4v) is 1.68.